The highest BCUT2D eigenvalue weighted by Gasteiger charge is 2.05. The summed E-state index contributed by atoms with van der Waals surface area (Å²) in [6, 6.07) is 15.5. The number of anilines is 3. The number of para-hydroxylation sites is 1. The zero-order valence-electron chi connectivity index (χ0n) is 14.2. The minimum absolute atomic E-state index is 0.0599. The van der Waals surface area contributed by atoms with Gasteiger partial charge in [-0.2, -0.15) is 0 Å². The standard InChI is InChI=1S/C19H24ClN3O/c1-3-23(4-2)16-11-9-15(10-12-16)21-14-13-19(24)22-18-8-6-5-7-17(18)20/h5-12,21H,3-4,13-14H2,1-2H3,(H,22,24). The maximum atomic E-state index is 12.0. The molecule has 0 spiro atoms. The van der Waals surface area contributed by atoms with Gasteiger partial charge in [0.05, 0.1) is 10.7 Å². The van der Waals surface area contributed by atoms with Crippen molar-refractivity contribution < 1.29 is 4.79 Å². The fourth-order valence-corrected chi connectivity index (χ4v) is 2.66. The van der Waals surface area contributed by atoms with E-state index < -0.39 is 0 Å². The Balaban J connectivity index is 1.79. The van der Waals surface area contributed by atoms with Crippen LogP contribution in [0, 0.1) is 0 Å². The molecule has 0 heterocycles. The number of benzene rings is 2. The number of carbonyl (C=O) groups is 1. The van der Waals surface area contributed by atoms with Crippen LogP contribution in [0.4, 0.5) is 17.1 Å². The smallest absolute Gasteiger partial charge is 0.226 e. The monoisotopic (exact) mass is 345 g/mol. The molecular weight excluding hydrogens is 322 g/mol. The molecule has 0 aromatic heterocycles. The molecule has 2 rings (SSSR count). The summed E-state index contributed by atoms with van der Waals surface area (Å²) in [6.45, 7) is 6.85. The fourth-order valence-electron chi connectivity index (χ4n) is 2.47. The molecule has 1 amide bonds. The molecule has 0 bridgehead atoms. The van der Waals surface area contributed by atoms with Crippen LogP contribution in [0.3, 0.4) is 0 Å². The summed E-state index contributed by atoms with van der Waals surface area (Å²) in [7, 11) is 0. The highest BCUT2D eigenvalue weighted by atomic mass is 35.5. The average Bonchev–Trinajstić information content (AvgIpc) is 2.59. The van der Waals surface area contributed by atoms with E-state index in [4.69, 9.17) is 11.6 Å². The first-order valence-corrected chi connectivity index (χ1v) is 8.65. The lowest BCUT2D eigenvalue weighted by Gasteiger charge is -2.21. The second kappa shape index (κ2) is 9.18. The molecule has 0 saturated carbocycles. The van der Waals surface area contributed by atoms with Crippen molar-refractivity contribution >= 4 is 34.6 Å². The second-order valence-electron chi connectivity index (χ2n) is 5.42. The number of hydrogen-bond acceptors (Lipinski definition) is 3. The maximum Gasteiger partial charge on any atom is 0.226 e. The van der Waals surface area contributed by atoms with Gasteiger partial charge in [-0.25, -0.2) is 0 Å². The molecule has 0 aliphatic heterocycles. The minimum Gasteiger partial charge on any atom is -0.385 e. The van der Waals surface area contributed by atoms with Gasteiger partial charge in [-0.3, -0.25) is 4.79 Å². The first-order chi connectivity index (χ1) is 11.6. The summed E-state index contributed by atoms with van der Waals surface area (Å²) in [6.07, 6.45) is 0.378. The van der Waals surface area contributed by atoms with Gasteiger partial charge in [0.25, 0.3) is 0 Å². The van der Waals surface area contributed by atoms with Crippen LogP contribution in [0.25, 0.3) is 0 Å². The molecule has 0 aliphatic carbocycles. The molecule has 0 atom stereocenters. The van der Waals surface area contributed by atoms with E-state index in [1.54, 1.807) is 12.1 Å². The highest BCUT2D eigenvalue weighted by molar-refractivity contribution is 6.33. The fraction of sp³-hybridized carbons (Fsp3) is 0.316. The Hall–Kier alpha value is -2.20. The van der Waals surface area contributed by atoms with E-state index in [9.17, 15) is 4.79 Å². The molecule has 128 valence electrons. The molecule has 24 heavy (non-hydrogen) atoms. The number of carbonyl (C=O) groups excluding carboxylic acids is 1. The first kappa shape index (κ1) is 18.1. The Kier molecular flexibility index (Phi) is 6.94. The van der Waals surface area contributed by atoms with Crippen LogP contribution in [-0.2, 0) is 4.79 Å². The third-order valence-corrected chi connectivity index (χ3v) is 4.15. The molecule has 2 aromatic rings. The maximum absolute atomic E-state index is 12.0. The van der Waals surface area contributed by atoms with Crippen molar-refractivity contribution in [3.8, 4) is 0 Å². The minimum atomic E-state index is -0.0599. The number of halogens is 1. The molecule has 2 N–H and O–H groups in total. The molecule has 0 fully saturated rings. The number of nitrogens with zero attached hydrogens (tertiary/aromatic N) is 1. The van der Waals surface area contributed by atoms with Crippen molar-refractivity contribution in [1.82, 2.24) is 0 Å². The van der Waals surface area contributed by atoms with Crippen LogP contribution in [0.1, 0.15) is 20.3 Å². The molecule has 2 aromatic carbocycles. The predicted octanol–water partition coefficient (Wildman–Crippen LogP) is 4.63. The molecule has 4 nitrogen and oxygen atoms in total. The van der Waals surface area contributed by atoms with Crippen molar-refractivity contribution in [2.24, 2.45) is 0 Å². The quantitative estimate of drug-likeness (QED) is 0.733. The van der Waals surface area contributed by atoms with Crippen LogP contribution in [0.2, 0.25) is 5.02 Å². The normalized spacial score (nSPS) is 10.3. The van der Waals surface area contributed by atoms with Crippen molar-refractivity contribution in [1.29, 1.82) is 0 Å². The van der Waals surface area contributed by atoms with Gasteiger partial charge in [0, 0.05) is 37.4 Å². The van der Waals surface area contributed by atoms with E-state index in [2.05, 4.69) is 41.5 Å². The molecule has 0 unspecified atom stereocenters. The van der Waals surface area contributed by atoms with Crippen LogP contribution >= 0.6 is 11.6 Å². The Morgan fingerprint density at radius 2 is 1.71 bits per heavy atom. The van der Waals surface area contributed by atoms with Gasteiger partial charge in [0.1, 0.15) is 0 Å². The zero-order valence-corrected chi connectivity index (χ0v) is 14.9. The second-order valence-corrected chi connectivity index (χ2v) is 5.83. The van der Waals surface area contributed by atoms with Gasteiger partial charge in [-0.15, -0.1) is 0 Å². The van der Waals surface area contributed by atoms with Gasteiger partial charge in [0.2, 0.25) is 5.91 Å². The summed E-state index contributed by atoms with van der Waals surface area (Å²) >= 11 is 6.03. The SMILES string of the molecule is CCN(CC)c1ccc(NCCC(=O)Nc2ccccc2Cl)cc1. The number of amides is 1. The van der Waals surface area contributed by atoms with Crippen LogP contribution in [0.5, 0.6) is 0 Å². The van der Waals surface area contributed by atoms with Gasteiger partial charge >= 0.3 is 0 Å². The lowest BCUT2D eigenvalue weighted by atomic mass is 10.2. The van der Waals surface area contributed by atoms with Crippen molar-refractivity contribution in [2.75, 3.05) is 35.2 Å². The number of nitrogens with one attached hydrogen (secondary N) is 2. The summed E-state index contributed by atoms with van der Waals surface area (Å²) in [4.78, 5) is 14.3. The molecule has 0 radical (unpaired) electrons. The Morgan fingerprint density at radius 3 is 2.33 bits per heavy atom. The largest absolute Gasteiger partial charge is 0.385 e. The summed E-state index contributed by atoms with van der Waals surface area (Å²) in [5, 5.41) is 6.63. The van der Waals surface area contributed by atoms with E-state index >= 15 is 0 Å². The highest BCUT2D eigenvalue weighted by Crippen LogP contribution is 2.20. The predicted molar refractivity (Wildman–Crippen MR) is 103 cm³/mol. The van der Waals surface area contributed by atoms with Crippen molar-refractivity contribution in [3.05, 3.63) is 53.6 Å². The summed E-state index contributed by atoms with van der Waals surface area (Å²) in [5.74, 6) is -0.0599. The van der Waals surface area contributed by atoms with Gasteiger partial charge < -0.3 is 15.5 Å². The van der Waals surface area contributed by atoms with E-state index in [1.807, 2.05) is 24.3 Å². The Morgan fingerprint density at radius 1 is 1.04 bits per heavy atom. The summed E-state index contributed by atoms with van der Waals surface area (Å²) < 4.78 is 0. The third-order valence-electron chi connectivity index (χ3n) is 3.83. The Bertz CT molecular complexity index is 654. The van der Waals surface area contributed by atoms with Crippen LogP contribution in [0.15, 0.2) is 48.5 Å². The third kappa shape index (κ3) is 5.17. The van der Waals surface area contributed by atoms with E-state index in [0.29, 0.717) is 23.7 Å². The van der Waals surface area contributed by atoms with Gasteiger partial charge in [-0.05, 0) is 50.2 Å². The average molecular weight is 346 g/mol. The van der Waals surface area contributed by atoms with Crippen LogP contribution in [-0.4, -0.2) is 25.5 Å². The van der Waals surface area contributed by atoms with Crippen molar-refractivity contribution in [2.45, 2.75) is 20.3 Å². The zero-order chi connectivity index (χ0) is 17.4. The first-order valence-electron chi connectivity index (χ1n) is 8.27. The van der Waals surface area contributed by atoms with E-state index in [0.717, 1.165) is 18.8 Å². The lowest BCUT2D eigenvalue weighted by Crippen LogP contribution is -2.21. The molecular formula is C19H24ClN3O. The topological polar surface area (TPSA) is 44.4 Å². The Labute approximate surface area is 148 Å². The van der Waals surface area contributed by atoms with E-state index in [-0.39, 0.29) is 5.91 Å². The number of rotatable bonds is 8. The molecule has 5 heteroatoms. The van der Waals surface area contributed by atoms with Crippen molar-refractivity contribution in [3.63, 3.8) is 0 Å². The molecule has 0 saturated heterocycles. The van der Waals surface area contributed by atoms with E-state index in [1.165, 1.54) is 5.69 Å². The lowest BCUT2D eigenvalue weighted by molar-refractivity contribution is -0.115. The van der Waals surface area contributed by atoms with Gasteiger partial charge in [0.15, 0.2) is 0 Å². The molecule has 0 aliphatic rings. The number of hydrogen-bond donors (Lipinski definition) is 2. The summed E-state index contributed by atoms with van der Waals surface area (Å²) in [5.41, 5.74) is 2.87. The van der Waals surface area contributed by atoms with Gasteiger partial charge in [-0.1, -0.05) is 23.7 Å². The van der Waals surface area contributed by atoms with Crippen LogP contribution < -0.4 is 15.5 Å².